The smallest absolute Gasteiger partial charge is 0.338 e. The third-order valence-electron chi connectivity index (χ3n) is 1.85. The minimum absolute atomic E-state index is 0.0480. The molecule has 0 spiro atoms. The topological polar surface area (TPSA) is 46.5 Å². The summed E-state index contributed by atoms with van der Waals surface area (Å²) in [5.41, 5.74) is 0.359. The average Bonchev–Trinajstić information content (AvgIpc) is 2.16. The molecule has 82 valence electrons. The second-order valence-electron chi connectivity index (χ2n) is 3.19. The number of ether oxygens (including phenoxy) is 1. The second-order valence-corrected chi connectivity index (χ2v) is 4.10. The first-order valence-electron chi connectivity index (χ1n) is 4.80. The standard InChI is InChI=1S/C11H13BrO3/c1-2-3-4-15-11(14)8-5-9(12)7-10(13)6-8/h5-7,13H,2-4H2,1H3. The van der Waals surface area contributed by atoms with Crippen molar-refractivity contribution >= 4 is 21.9 Å². The van der Waals surface area contributed by atoms with Gasteiger partial charge in [0.25, 0.3) is 0 Å². The number of phenols is 1. The summed E-state index contributed by atoms with van der Waals surface area (Å²) in [7, 11) is 0. The number of unbranched alkanes of at least 4 members (excludes halogenated alkanes) is 1. The molecule has 0 amide bonds. The van der Waals surface area contributed by atoms with E-state index in [1.165, 1.54) is 12.1 Å². The van der Waals surface area contributed by atoms with Crippen LogP contribution in [0.5, 0.6) is 5.75 Å². The third-order valence-corrected chi connectivity index (χ3v) is 2.31. The molecule has 0 aliphatic rings. The van der Waals surface area contributed by atoms with Crippen LogP contribution in [0, 0.1) is 0 Å². The van der Waals surface area contributed by atoms with E-state index in [0.29, 0.717) is 16.6 Å². The van der Waals surface area contributed by atoms with Gasteiger partial charge in [0.2, 0.25) is 0 Å². The molecule has 1 N–H and O–H groups in total. The first kappa shape index (κ1) is 12.0. The van der Waals surface area contributed by atoms with E-state index in [1.54, 1.807) is 6.07 Å². The lowest BCUT2D eigenvalue weighted by atomic mass is 10.2. The highest BCUT2D eigenvalue weighted by molar-refractivity contribution is 9.10. The minimum atomic E-state index is -0.403. The van der Waals surface area contributed by atoms with Gasteiger partial charge in [-0.25, -0.2) is 4.79 Å². The minimum Gasteiger partial charge on any atom is -0.508 e. The van der Waals surface area contributed by atoms with Gasteiger partial charge in [0.05, 0.1) is 12.2 Å². The quantitative estimate of drug-likeness (QED) is 0.677. The van der Waals surface area contributed by atoms with Crippen molar-refractivity contribution in [3.8, 4) is 5.75 Å². The Hall–Kier alpha value is -1.03. The molecule has 0 aliphatic heterocycles. The van der Waals surface area contributed by atoms with Crippen LogP contribution in [0.25, 0.3) is 0 Å². The maximum Gasteiger partial charge on any atom is 0.338 e. The second kappa shape index (κ2) is 5.75. The lowest BCUT2D eigenvalue weighted by molar-refractivity contribution is 0.0499. The highest BCUT2D eigenvalue weighted by Gasteiger charge is 2.08. The lowest BCUT2D eigenvalue weighted by Gasteiger charge is -2.04. The largest absolute Gasteiger partial charge is 0.508 e. The fraction of sp³-hybridized carbons (Fsp3) is 0.364. The highest BCUT2D eigenvalue weighted by Crippen LogP contribution is 2.20. The fourth-order valence-electron chi connectivity index (χ4n) is 1.08. The van der Waals surface area contributed by atoms with Crippen molar-refractivity contribution in [2.75, 3.05) is 6.61 Å². The molecule has 1 rings (SSSR count). The third kappa shape index (κ3) is 3.91. The Balaban J connectivity index is 2.65. The predicted molar refractivity (Wildman–Crippen MR) is 61.0 cm³/mol. The zero-order chi connectivity index (χ0) is 11.3. The van der Waals surface area contributed by atoms with E-state index >= 15 is 0 Å². The molecule has 0 heterocycles. The maximum atomic E-state index is 11.5. The maximum absolute atomic E-state index is 11.5. The van der Waals surface area contributed by atoms with Crippen molar-refractivity contribution in [3.05, 3.63) is 28.2 Å². The van der Waals surface area contributed by atoms with Crippen LogP contribution < -0.4 is 0 Å². The van der Waals surface area contributed by atoms with Gasteiger partial charge in [0.1, 0.15) is 5.75 Å². The van der Waals surface area contributed by atoms with Crippen LogP contribution in [0.4, 0.5) is 0 Å². The van der Waals surface area contributed by atoms with Crippen molar-refractivity contribution in [2.24, 2.45) is 0 Å². The van der Waals surface area contributed by atoms with Gasteiger partial charge < -0.3 is 9.84 Å². The Morgan fingerprint density at radius 2 is 2.20 bits per heavy atom. The first-order valence-corrected chi connectivity index (χ1v) is 5.59. The molecule has 0 atom stereocenters. The zero-order valence-electron chi connectivity index (χ0n) is 8.50. The van der Waals surface area contributed by atoms with E-state index in [0.717, 1.165) is 12.8 Å². The molecule has 15 heavy (non-hydrogen) atoms. The zero-order valence-corrected chi connectivity index (χ0v) is 10.1. The number of halogens is 1. The van der Waals surface area contributed by atoms with Gasteiger partial charge in [-0.2, -0.15) is 0 Å². The number of rotatable bonds is 4. The highest BCUT2D eigenvalue weighted by atomic mass is 79.9. The van der Waals surface area contributed by atoms with Crippen molar-refractivity contribution in [3.63, 3.8) is 0 Å². The van der Waals surface area contributed by atoms with E-state index in [4.69, 9.17) is 4.74 Å². The van der Waals surface area contributed by atoms with Gasteiger partial charge in [-0.15, -0.1) is 0 Å². The van der Waals surface area contributed by atoms with E-state index in [9.17, 15) is 9.90 Å². The summed E-state index contributed by atoms with van der Waals surface area (Å²) in [6, 6.07) is 4.52. The molecule has 0 saturated carbocycles. The number of esters is 1. The number of phenolic OH excluding ortho intramolecular Hbond substituents is 1. The number of benzene rings is 1. The Kier molecular flexibility index (Phi) is 4.62. The first-order chi connectivity index (χ1) is 7.13. The molecule has 0 aromatic heterocycles. The molecular formula is C11H13BrO3. The molecule has 0 fully saturated rings. The summed E-state index contributed by atoms with van der Waals surface area (Å²) >= 11 is 3.20. The Bertz CT molecular complexity index is 329. The fourth-order valence-corrected chi connectivity index (χ4v) is 1.57. The van der Waals surface area contributed by atoms with Crippen LogP contribution in [-0.2, 0) is 4.74 Å². The molecule has 0 radical (unpaired) electrons. The van der Waals surface area contributed by atoms with Crippen LogP contribution in [0.1, 0.15) is 30.1 Å². The normalized spacial score (nSPS) is 10.0. The molecule has 1 aromatic carbocycles. The summed E-state index contributed by atoms with van der Waals surface area (Å²) in [6.07, 6.45) is 1.84. The number of hydrogen-bond donors (Lipinski definition) is 1. The van der Waals surface area contributed by atoms with Crippen molar-refractivity contribution in [1.82, 2.24) is 0 Å². The van der Waals surface area contributed by atoms with Gasteiger partial charge in [-0.05, 0) is 24.6 Å². The van der Waals surface area contributed by atoms with E-state index in [1.807, 2.05) is 6.92 Å². The Morgan fingerprint density at radius 3 is 2.80 bits per heavy atom. The van der Waals surface area contributed by atoms with Gasteiger partial charge in [-0.3, -0.25) is 0 Å². The van der Waals surface area contributed by atoms with Crippen LogP contribution in [0.15, 0.2) is 22.7 Å². The van der Waals surface area contributed by atoms with E-state index in [-0.39, 0.29) is 5.75 Å². The predicted octanol–water partition coefficient (Wildman–Crippen LogP) is 3.11. The Morgan fingerprint density at radius 1 is 1.47 bits per heavy atom. The molecule has 4 heteroatoms. The number of hydrogen-bond acceptors (Lipinski definition) is 3. The number of carbonyl (C=O) groups is 1. The molecule has 0 bridgehead atoms. The van der Waals surface area contributed by atoms with Crippen molar-refractivity contribution in [2.45, 2.75) is 19.8 Å². The summed E-state index contributed by atoms with van der Waals surface area (Å²) in [5, 5.41) is 9.28. The monoisotopic (exact) mass is 272 g/mol. The molecule has 0 unspecified atom stereocenters. The molecule has 0 aliphatic carbocycles. The van der Waals surface area contributed by atoms with Gasteiger partial charge in [-0.1, -0.05) is 29.3 Å². The van der Waals surface area contributed by atoms with Crippen LogP contribution in [0.3, 0.4) is 0 Å². The Labute approximate surface area is 97.2 Å². The van der Waals surface area contributed by atoms with E-state index in [2.05, 4.69) is 15.9 Å². The lowest BCUT2D eigenvalue weighted by Crippen LogP contribution is -2.06. The summed E-state index contributed by atoms with van der Waals surface area (Å²) < 4.78 is 5.66. The molecule has 1 aromatic rings. The van der Waals surface area contributed by atoms with E-state index < -0.39 is 5.97 Å². The van der Waals surface area contributed by atoms with Crippen LogP contribution >= 0.6 is 15.9 Å². The summed E-state index contributed by atoms with van der Waals surface area (Å²) in [4.78, 5) is 11.5. The van der Waals surface area contributed by atoms with Gasteiger partial charge in [0, 0.05) is 4.47 Å². The van der Waals surface area contributed by atoms with Gasteiger partial charge >= 0.3 is 5.97 Å². The van der Waals surface area contributed by atoms with Crippen molar-refractivity contribution in [1.29, 1.82) is 0 Å². The van der Waals surface area contributed by atoms with Crippen LogP contribution in [0.2, 0.25) is 0 Å². The average molecular weight is 273 g/mol. The molecule has 0 saturated heterocycles. The van der Waals surface area contributed by atoms with Crippen LogP contribution in [-0.4, -0.2) is 17.7 Å². The number of carbonyl (C=O) groups excluding carboxylic acids is 1. The summed E-state index contributed by atoms with van der Waals surface area (Å²) in [5.74, 6) is -0.355. The molecular weight excluding hydrogens is 260 g/mol. The number of aromatic hydroxyl groups is 1. The van der Waals surface area contributed by atoms with Gasteiger partial charge in [0.15, 0.2) is 0 Å². The van der Waals surface area contributed by atoms with Crippen molar-refractivity contribution < 1.29 is 14.6 Å². The summed E-state index contributed by atoms with van der Waals surface area (Å²) in [6.45, 7) is 2.45. The SMILES string of the molecule is CCCCOC(=O)c1cc(O)cc(Br)c1. The molecule has 3 nitrogen and oxygen atoms in total.